The first kappa shape index (κ1) is 21.8. The molecule has 0 aliphatic rings. The van der Waals surface area contributed by atoms with Crippen molar-refractivity contribution in [2.75, 3.05) is 19.6 Å². The molecule has 1 amide bonds. The number of amides is 1. The van der Waals surface area contributed by atoms with Crippen LogP contribution in [0, 0.1) is 5.92 Å². The second kappa shape index (κ2) is 13.5. The fraction of sp³-hybridized carbons (Fsp3) is 0.857. The molecule has 0 aromatic carbocycles. The van der Waals surface area contributed by atoms with Gasteiger partial charge in [0.2, 0.25) is 5.91 Å². The maximum atomic E-state index is 11.5. The lowest BCUT2D eigenvalue weighted by Gasteiger charge is -2.12. The van der Waals surface area contributed by atoms with E-state index in [9.17, 15) is 4.79 Å². The predicted octanol–water partition coefficient (Wildman–Crippen LogP) is 2.12. The number of hydrogen-bond acceptors (Lipinski definition) is 2. The Balaban J connectivity index is 0. The van der Waals surface area contributed by atoms with E-state index in [-0.39, 0.29) is 35.9 Å². The molecule has 0 aliphatic heterocycles. The third kappa shape index (κ3) is 13.9. The number of hydrogen-bond donors (Lipinski definition) is 3. The summed E-state index contributed by atoms with van der Waals surface area (Å²) in [6, 6.07) is 0.195. The van der Waals surface area contributed by atoms with Crippen LogP contribution in [0.1, 0.15) is 47.5 Å². The zero-order chi connectivity index (χ0) is 14.7. The summed E-state index contributed by atoms with van der Waals surface area (Å²) in [7, 11) is 0. The lowest BCUT2D eigenvalue weighted by atomic mass is 10.1. The van der Waals surface area contributed by atoms with Gasteiger partial charge in [0.25, 0.3) is 0 Å². The highest BCUT2D eigenvalue weighted by Crippen LogP contribution is 1.98. The van der Waals surface area contributed by atoms with E-state index in [0.717, 1.165) is 25.5 Å². The Kier molecular flexibility index (Phi) is 14.6. The Morgan fingerprint density at radius 2 is 1.80 bits per heavy atom. The van der Waals surface area contributed by atoms with E-state index < -0.39 is 0 Å². The second-order valence-corrected chi connectivity index (χ2v) is 5.34. The van der Waals surface area contributed by atoms with Crippen LogP contribution in [0.2, 0.25) is 0 Å². The maximum absolute atomic E-state index is 11.5. The van der Waals surface area contributed by atoms with Crippen LogP contribution in [0.5, 0.6) is 0 Å². The van der Waals surface area contributed by atoms with Crippen molar-refractivity contribution in [3.05, 3.63) is 0 Å². The molecular weight excluding hydrogens is 367 g/mol. The smallest absolute Gasteiger partial charge is 0.221 e. The van der Waals surface area contributed by atoms with E-state index in [1.54, 1.807) is 0 Å². The molecule has 0 spiro atoms. The molecule has 0 aliphatic carbocycles. The quantitative estimate of drug-likeness (QED) is 0.333. The van der Waals surface area contributed by atoms with Gasteiger partial charge in [-0.2, -0.15) is 0 Å². The zero-order valence-electron chi connectivity index (χ0n) is 13.5. The molecule has 0 aromatic heterocycles. The predicted molar refractivity (Wildman–Crippen MR) is 96.7 cm³/mol. The lowest BCUT2D eigenvalue weighted by molar-refractivity contribution is -0.121. The van der Waals surface area contributed by atoms with Gasteiger partial charge in [0.05, 0.1) is 0 Å². The molecule has 0 saturated heterocycles. The first-order valence-corrected chi connectivity index (χ1v) is 7.27. The molecule has 0 fully saturated rings. The van der Waals surface area contributed by atoms with Crippen molar-refractivity contribution in [3.63, 3.8) is 0 Å². The molecule has 0 atom stereocenters. The minimum absolute atomic E-state index is 0. The normalized spacial score (nSPS) is 11.2. The highest BCUT2D eigenvalue weighted by molar-refractivity contribution is 14.0. The highest BCUT2D eigenvalue weighted by atomic mass is 127. The van der Waals surface area contributed by atoms with Gasteiger partial charge in [-0.1, -0.05) is 13.8 Å². The SMILES string of the molecule is CCNC(=NCCC(C)C)NCCC(=O)NC(C)C.I. The number of rotatable bonds is 8. The Hall–Kier alpha value is -0.530. The molecule has 0 saturated carbocycles. The zero-order valence-corrected chi connectivity index (χ0v) is 15.8. The average Bonchev–Trinajstić information content (AvgIpc) is 2.27. The number of carbonyl (C=O) groups excluding carboxylic acids is 1. The first-order valence-electron chi connectivity index (χ1n) is 7.27. The van der Waals surface area contributed by atoms with Crippen LogP contribution < -0.4 is 16.0 Å². The van der Waals surface area contributed by atoms with Gasteiger partial charge in [0.15, 0.2) is 5.96 Å². The van der Waals surface area contributed by atoms with Crippen molar-refractivity contribution in [2.45, 2.75) is 53.5 Å². The van der Waals surface area contributed by atoms with Crippen LogP contribution in [0.3, 0.4) is 0 Å². The largest absolute Gasteiger partial charge is 0.357 e. The highest BCUT2D eigenvalue weighted by Gasteiger charge is 2.03. The van der Waals surface area contributed by atoms with Crippen molar-refractivity contribution in [2.24, 2.45) is 10.9 Å². The van der Waals surface area contributed by atoms with E-state index in [2.05, 4.69) is 34.8 Å². The van der Waals surface area contributed by atoms with Crippen LogP contribution in [-0.4, -0.2) is 37.5 Å². The summed E-state index contributed by atoms with van der Waals surface area (Å²) >= 11 is 0. The molecule has 5 nitrogen and oxygen atoms in total. The van der Waals surface area contributed by atoms with Gasteiger partial charge in [0, 0.05) is 32.1 Å². The Morgan fingerprint density at radius 1 is 1.15 bits per heavy atom. The molecule has 3 N–H and O–H groups in total. The Labute approximate surface area is 140 Å². The molecule has 0 unspecified atom stereocenters. The number of aliphatic imine (C=N–C) groups is 1. The maximum Gasteiger partial charge on any atom is 0.221 e. The monoisotopic (exact) mass is 398 g/mol. The van der Waals surface area contributed by atoms with Crippen molar-refractivity contribution in [1.82, 2.24) is 16.0 Å². The fourth-order valence-corrected chi connectivity index (χ4v) is 1.46. The molecule has 0 bridgehead atoms. The molecule has 0 rings (SSSR count). The lowest BCUT2D eigenvalue weighted by Crippen LogP contribution is -2.40. The van der Waals surface area contributed by atoms with Crippen molar-refractivity contribution in [3.8, 4) is 0 Å². The van der Waals surface area contributed by atoms with E-state index in [1.807, 2.05) is 20.8 Å². The van der Waals surface area contributed by atoms with Gasteiger partial charge in [-0.15, -0.1) is 24.0 Å². The minimum atomic E-state index is 0. The summed E-state index contributed by atoms with van der Waals surface area (Å²) in [5.41, 5.74) is 0. The first-order chi connectivity index (χ1) is 8.95. The van der Waals surface area contributed by atoms with E-state index in [0.29, 0.717) is 18.9 Å². The van der Waals surface area contributed by atoms with Gasteiger partial charge < -0.3 is 16.0 Å². The summed E-state index contributed by atoms with van der Waals surface area (Å²) in [6.07, 6.45) is 1.54. The van der Waals surface area contributed by atoms with E-state index in [4.69, 9.17) is 0 Å². The molecule has 0 heterocycles. The van der Waals surface area contributed by atoms with Crippen molar-refractivity contribution in [1.29, 1.82) is 0 Å². The van der Waals surface area contributed by atoms with Gasteiger partial charge >= 0.3 is 0 Å². The van der Waals surface area contributed by atoms with Crippen LogP contribution in [0.25, 0.3) is 0 Å². The molecule has 6 heteroatoms. The van der Waals surface area contributed by atoms with Gasteiger partial charge in [-0.3, -0.25) is 9.79 Å². The third-order valence-corrected chi connectivity index (χ3v) is 2.41. The summed E-state index contributed by atoms with van der Waals surface area (Å²) < 4.78 is 0. The second-order valence-electron chi connectivity index (χ2n) is 5.34. The van der Waals surface area contributed by atoms with E-state index >= 15 is 0 Å². The van der Waals surface area contributed by atoms with Gasteiger partial charge in [-0.25, -0.2) is 0 Å². The molecule has 120 valence electrons. The van der Waals surface area contributed by atoms with Crippen LogP contribution in [-0.2, 0) is 4.79 Å². The number of guanidine groups is 1. The van der Waals surface area contributed by atoms with Gasteiger partial charge in [0.1, 0.15) is 0 Å². The third-order valence-electron chi connectivity index (χ3n) is 2.41. The Bertz CT molecular complexity index is 280. The number of carbonyl (C=O) groups is 1. The van der Waals surface area contributed by atoms with E-state index in [1.165, 1.54) is 0 Å². The summed E-state index contributed by atoms with van der Waals surface area (Å²) in [5.74, 6) is 1.52. The topological polar surface area (TPSA) is 65.5 Å². The fourth-order valence-electron chi connectivity index (χ4n) is 1.46. The van der Waals surface area contributed by atoms with Gasteiger partial charge in [-0.05, 0) is 33.1 Å². The van der Waals surface area contributed by atoms with Crippen molar-refractivity contribution >= 4 is 35.8 Å². The number of nitrogens with one attached hydrogen (secondary N) is 3. The molecule has 0 radical (unpaired) electrons. The average molecular weight is 398 g/mol. The summed E-state index contributed by atoms with van der Waals surface area (Å²) in [5, 5.41) is 9.22. The van der Waals surface area contributed by atoms with Crippen LogP contribution in [0.15, 0.2) is 4.99 Å². The van der Waals surface area contributed by atoms with Crippen molar-refractivity contribution < 1.29 is 4.79 Å². The minimum Gasteiger partial charge on any atom is -0.357 e. The summed E-state index contributed by atoms with van der Waals surface area (Å²) in [6.45, 7) is 12.6. The molecule has 20 heavy (non-hydrogen) atoms. The number of nitrogens with zero attached hydrogens (tertiary/aromatic N) is 1. The summed E-state index contributed by atoms with van der Waals surface area (Å²) in [4.78, 5) is 16.0. The van der Waals surface area contributed by atoms with Crippen LogP contribution >= 0.6 is 24.0 Å². The Morgan fingerprint density at radius 3 is 2.30 bits per heavy atom. The molecule has 0 aromatic rings. The van der Waals surface area contributed by atoms with Crippen LogP contribution in [0.4, 0.5) is 0 Å². The molecular formula is C14H31IN4O. The number of halogens is 1. The standard InChI is InChI=1S/C14H30N4O.HI/c1-6-15-14(16-9-7-11(2)3)17-10-8-13(19)18-12(4)5;/h11-12H,6-10H2,1-5H3,(H,18,19)(H2,15,16,17);1H.